The largest absolute Gasteiger partial charge is 0.465 e. The van der Waals surface area contributed by atoms with Crippen molar-refractivity contribution in [3.8, 4) is 0 Å². The van der Waals surface area contributed by atoms with Crippen molar-refractivity contribution in [2.45, 2.75) is 52.1 Å². The van der Waals surface area contributed by atoms with E-state index in [1.807, 2.05) is 6.92 Å². The van der Waals surface area contributed by atoms with Gasteiger partial charge >= 0.3 is 11.9 Å². The van der Waals surface area contributed by atoms with E-state index in [-0.39, 0.29) is 11.9 Å². The summed E-state index contributed by atoms with van der Waals surface area (Å²) in [4.78, 5) is 37.4. The van der Waals surface area contributed by atoms with Gasteiger partial charge in [-0.05, 0) is 51.3 Å². The molecule has 1 aromatic carbocycles. The number of Topliss-reactive ketones (excluding diaryl/α,β-unsaturated/α-hetero) is 1. The zero-order valence-corrected chi connectivity index (χ0v) is 16.6. The van der Waals surface area contributed by atoms with Crippen LogP contribution in [0.25, 0.3) is 0 Å². The minimum Gasteiger partial charge on any atom is -0.465 e. The summed E-state index contributed by atoms with van der Waals surface area (Å²) in [5.41, 5.74) is 3.81. The number of hydrogen-bond acceptors (Lipinski definition) is 6. The fraction of sp³-hybridized carbons (Fsp3) is 0.409. The molecule has 0 radical (unpaired) electrons. The molecule has 3 rings (SSSR count). The third-order valence-electron chi connectivity index (χ3n) is 5.00. The standard InChI is InChI=1S/C22H25NO5/c1-12(2)28-22(26)18-13(3)23-16-6-5-7-17(24)20(16)19(18)14-8-10-15(11-9-14)21(25)27-4/h8-12,19,23H,5-7H2,1-4H3/t19-/m0/s1. The lowest BCUT2D eigenvalue weighted by Gasteiger charge is -2.34. The van der Waals surface area contributed by atoms with E-state index in [0.717, 1.165) is 24.1 Å². The van der Waals surface area contributed by atoms with Gasteiger partial charge in [0.25, 0.3) is 0 Å². The van der Waals surface area contributed by atoms with Gasteiger partial charge < -0.3 is 14.8 Å². The van der Waals surface area contributed by atoms with Gasteiger partial charge in [-0.1, -0.05) is 12.1 Å². The molecule has 0 amide bonds. The highest BCUT2D eigenvalue weighted by Crippen LogP contribution is 2.42. The normalized spacial score (nSPS) is 19.3. The number of benzene rings is 1. The Balaban J connectivity index is 2.10. The van der Waals surface area contributed by atoms with Crippen molar-refractivity contribution in [3.63, 3.8) is 0 Å². The number of ketones is 1. The molecule has 0 unspecified atom stereocenters. The number of dihydropyridines is 1. The summed E-state index contributed by atoms with van der Waals surface area (Å²) in [5, 5.41) is 3.25. The highest BCUT2D eigenvalue weighted by molar-refractivity contribution is 6.03. The minimum atomic E-state index is -0.512. The van der Waals surface area contributed by atoms with Crippen LogP contribution in [-0.4, -0.2) is 30.9 Å². The molecule has 1 N–H and O–H groups in total. The molecule has 2 aliphatic rings. The molecule has 6 nitrogen and oxygen atoms in total. The number of carbonyl (C=O) groups is 3. The summed E-state index contributed by atoms with van der Waals surface area (Å²) in [6.07, 6.45) is 1.75. The molecule has 1 heterocycles. The number of hydrogen-bond donors (Lipinski definition) is 1. The molecular weight excluding hydrogens is 358 g/mol. The third-order valence-corrected chi connectivity index (χ3v) is 5.00. The lowest BCUT2D eigenvalue weighted by molar-refractivity contribution is -0.143. The lowest BCUT2D eigenvalue weighted by atomic mass is 9.75. The van der Waals surface area contributed by atoms with Crippen LogP contribution in [0.1, 0.15) is 61.9 Å². The first-order valence-electron chi connectivity index (χ1n) is 9.46. The summed E-state index contributed by atoms with van der Waals surface area (Å²) in [6, 6.07) is 6.84. The first kappa shape index (κ1) is 19.9. The van der Waals surface area contributed by atoms with Crippen molar-refractivity contribution in [1.82, 2.24) is 5.32 Å². The fourth-order valence-corrected chi connectivity index (χ4v) is 3.79. The van der Waals surface area contributed by atoms with Crippen LogP contribution in [0.2, 0.25) is 0 Å². The van der Waals surface area contributed by atoms with Gasteiger partial charge in [0.1, 0.15) is 0 Å². The van der Waals surface area contributed by atoms with E-state index in [0.29, 0.717) is 28.8 Å². The molecule has 6 heteroatoms. The summed E-state index contributed by atoms with van der Waals surface area (Å²) >= 11 is 0. The molecule has 1 atom stereocenters. The van der Waals surface area contributed by atoms with E-state index < -0.39 is 17.9 Å². The fourth-order valence-electron chi connectivity index (χ4n) is 3.79. The van der Waals surface area contributed by atoms with Gasteiger partial charge in [0, 0.05) is 29.3 Å². The van der Waals surface area contributed by atoms with Gasteiger partial charge in [0.15, 0.2) is 5.78 Å². The van der Waals surface area contributed by atoms with Gasteiger partial charge in [-0.15, -0.1) is 0 Å². The van der Waals surface area contributed by atoms with E-state index in [1.54, 1.807) is 38.1 Å². The number of carbonyl (C=O) groups excluding carboxylic acids is 3. The molecule has 28 heavy (non-hydrogen) atoms. The predicted octanol–water partition coefficient (Wildman–Crippen LogP) is 3.39. The molecule has 0 aromatic heterocycles. The Kier molecular flexibility index (Phi) is 5.68. The predicted molar refractivity (Wildman–Crippen MR) is 103 cm³/mol. The number of esters is 2. The van der Waals surface area contributed by atoms with E-state index in [2.05, 4.69) is 5.32 Å². The Morgan fingerprint density at radius 1 is 1.11 bits per heavy atom. The average molecular weight is 383 g/mol. The van der Waals surface area contributed by atoms with Gasteiger partial charge in [-0.3, -0.25) is 4.79 Å². The topological polar surface area (TPSA) is 81.7 Å². The van der Waals surface area contributed by atoms with Crippen LogP contribution in [-0.2, 0) is 19.1 Å². The van der Waals surface area contributed by atoms with Crippen molar-refractivity contribution in [2.75, 3.05) is 7.11 Å². The Morgan fingerprint density at radius 3 is 2.39 bits per heavy atom. The average Bonchev–Trinajstić information content (AvgIpc) is 2.66. The minimum absolute atomic E-state index is 0.0399. The lowest BCUT2D eigenvalue weighted by Crippen LogP contribution is -2.35. The number of allylic oxidation sites excluding steroid dienone is 3. The van der Waals surface area contributed by atoms with E-state index in [1.165, 1.54) is 7.11 Å². The molecule has 0 spiro atoms. The molecule has 0 bridgehead atoms. The smallest absolute Gasteiger partial charge is 0.337 e. The third kappa shape index (κ3) is 3.72. The van der Waals surface area contributed by atoms with Crippen molar-refractivity contribution >= 4 is 17.7 Å². The maximum absolute atomic E-state index is 12.9. The monoisotopic (exact) mass is 383 g/mol. The van der Waals surface area contributed by atoms with Crippen LogP contribution in [0.5, 0.6) is 0 Å². The zero-order valence-electron chi connectivity index (χ0n) is 16.6. The van der Waals surface area contributed by atoms with Crippen LogP contribution < -0.4 is 5.32 Å². The molecule has 0 saturated carbocycles. The van der Waals surface area contributed by atoms with Crippen LogP contribution >= 0.6 is 0 Å². The molecule has 1 aliphatic heterocycles. The van der Waals surface area contributed by atoms with Gasteiger partial charge in [-0.2, -0.15) is 0 Å². The molecular formula is C22H25NO5. The summed E-state index contributed by atoms with van der Waals surface area (Å²) in [6.45, 7) is 5.41. The van der Waals surface area contributed by atoms with Crippen molar-refractivity contribution in [3.05, 3.63) is 57.9 Å². The maximum Gasteiger partial charge on any atom is 0.337 e. The van der Waals surface area contributed by atoms with Crippen molar-refractivity contribution in [1.29, 1.82) is 0 Å². The molecule has 0 saturated heterocycles. The maximum atomic E-state index is 12.9. The Morgan fingerprint density at radius 2 is 1.79 bits per heavy atom. The quantitative estimate of drug-likeness (QED) is 0.803. The van der Waals surface area contributed by atoms with Gasteiger partial charge in [0.05, 0.1) is 24.4 Å². The molecule has 148 valence electrons. The summed E-state index contributed by atoms with van der Waals surface area (Å²) in [7, 11) is 1.33. The van der Waals surface area contributed by atoms with Crippen LogP contribution in [0.3, 0.4) is 0 Å². The first-order valence-corrected chi connectivity index (χ1v) is 9.46. The second kappa shape index (κ2) is 8.00. The molecule has 1 aromatic rings. The second-order valence-corrected chi connectivity index (χ2v) is 7.33. The first-order chi connectivity index (χ1) is 13.3. The SMILES string of the molecule is COC(=O)c1ccc([C@H]2C(C(=O)OC(C)C)=C(C)NC3=C2C(=O)CCC3)cc1. The number of nitrogens with one attached hydrogen (secondary N) is 1. The van der Waals surface area contributed by atoms with Crippen molar-refractivity contribution in [2.24, 2.45) is 0 Å². The highest BCUT2D eigenvalue weighted by atomic mass is 16.5. The van der Waals surface area contributed by atoms with Crippen LogP contribution in [0.15, 0.2) is 46.8 Å². The summed E-state index contributed by atoms with van der Waals surface area (Å²) < 4.78 is 10.2. The van der Waals surface area contributed by atoms with Crippen LogP contribution in [0.4, 0.5) is 0 Å². The van der Waals surface area contributed by atoms with Crippen molar-refractivity contribution < 1.29 is 23.9 Å². The molecule has 1 aliphatic carbocycles. The zero-order chi connectivity index (χ0) is 20.4. The number of rotatable bonds is 4. The number of methoxy groups -OCH3 is 1. The summed E-state index contributed by atoms with van der Waals surface area (Å²) in [5.74, 6) is -1.34. The Hall–Kier alpha value is -2.89. The van der Waals surface area contributed by atoms with Crippen LogP contribution in [0, 0.1) is 0 Å². The molecule has 0 fully saturated rings. The van der Waals surface area contributed by atoms with Gasteiger partial charge in [0.2, 0.25) is 0 Å². The Labute approximate surface area is 164 Å². The second-order valence-electron chi connectivity index (χ2n) is 7.33. The van der Waals surface area contributed by atoms with E-state index in [4.69, 9.17) is 9.47 Å². The van der Waals surface area contributed by atoms with E-state index in [9.17, 15) is 14.4 Å². The van der Waals surface area contributed by atoms with Gasteiger partial charge in [-0.25, -0.2) is 9.59 Å². The van der Waals surface area contributed by atoms with E-state index >= 15 is 0 Å². The Bertz CT molecular complexity index is 877. The number of ether oxygens (including phenoxy) is 2. The highest BCUT2D eigenvalue weighted by Gasteiger charge is 2.39.